The quantitative estimate of drug-likeness (QED) is 0.551. The lowest BCUT2D eigenvalue weighted by atomic mass is 10.2. The number of halogens is 3. The van der Waals surface area contributed by atoms with Gasteiger partial charge in [0.2, 0.25) is 11.8 Å². The molecule has 0 aliphatic heterocycles. The number of amides is 2. The van der Waals surface area contributed by atoms with Crippen LogP contribution in [0.4, 0.5) is 18.9 Å². The monoisotopic (exact) mass is 399 g/mol. The molecule has 3 rings (SSSR count). The fourth-order valence-electron chi connectivity index (χ4n) is 2.26. The van der Waals surface area contributed by atoms with Crippen LogP contribution in [0.5, 0.6) is 0 Å². The molecular weight excluding hydrogens is 383 g/mol. The number of nitrogens with one attached hydrogen (secondary N) is 2. The van der Waals surface area contributed by atoms with Crippen molar-refractivity contribution in [3.8, 4) is 0 Å². The van der Waals surface area contributed by atoms with Gasteiger partial charge in [0.1, 0.15) is 6.33 Å². The average molecular weight is 399 g/mol. The van der Waals surface area contributed by atoms with E-state index < -0.39 is 46.7 Å². The summed E-state index contributed by atoms with van der Waals surface area (Å²) in [4.78, 5) is 24.0. The van der Waals surface area contributed by atoms with Gasteiger partial charge in [-0.1, -0.05) is 11.8 Å². The summed E-state index contributed by atoms with van der Waals surface area (Å²) in [6.45, 7) is 1.20. The third-order valence-electron chi connectivity index (χ3n) is 3.86. The molecule has 2 N–H and O–H groups in total. The molecular formula is C16H16F3N5O2S. The first-order chi connectivity index (χ1) is 12.9. The third kappa shape index (κ3) is 4.59. The SMILES string of the molecule is CC(Sc1nncn1C1CC1)C(=O)NCC(=O)Nc1ccc(F)c(F)c1F. The molecule has 0 bridgehead atoms. The van der Waals surface area contributed by atoms with Crippen molar-refractivity contribution in [3.05, 3.63) is 35.9 Å². The highest BCUT2D eigenvalue weighted by molar-refractivity contribution is 8.00. The van der Waals surface area contributed by atoms with Crippen LogP contribution >= 0.6 is 11.8 Å². The van der Waals surface area contributed by atoms with Crippen LogP contribution in [0.2, 0.25) is 0 Å². The van der Waals surface area contributed by atoms with Crippen molar-refractivity contribution in [2.45, 2.75) is 36.2 Å². The Bertz CT molecular complexity index is 872. The Labute approximate surface area is 156 Å². The van der Waals surface area contributed by atoms with Gasteiger partial charge < -0.3 is 15.2 Å². The Kier molecular flexibility index (Phi) is 5.68. The van der Waals surface area contributed by atoms with E-state index in [2.05, 4.69) is 20.8 Å². The lowest BCUT2D eigenvalue weighted by molar-refractivity contribution is -0.123. The Morgan fingerprint density at radius 3 is 2.74 bits per heavy atom. The summed E-state index contributed by atoms with van der Waals surface area (Å²) in [5.41, 5.74) is -0.506. The second-order valence-corrected chi connectivity index (χ2v) is 7.31. The van der Waals surface area contributed by atoms with Crippen LogP contribution in [-0.4, -0.2) is 38.4 Å². The number of aromatic nitrogens is 3. The fourth-order valence-corrected chi connectivity index (χ4v) is 3.18. The molecule has 1 aliphatic rings. The highest BCUT2D eigenvalue weighted by atomic mass is 32.2. The van der Waals surface area contributed by atoms with Crippen LogP contribution in [0.15, 0.2) is 23.6 Å². The van der Waals surface area contributed by atoms with Gasteiger partial charge in [-0.3, -0.25) is 9.59 Å². The lowest BCUT2D eigenvalue weighted by Gasteiger charge is -2.12. The minimum absolute atomic E-state index is 0.370. The van der Waals surface area contributed by atoms with Crippen molar-refractivity contribution in [2.75, 3.05) is 11.9 Å². The van der Waals surface area contributed by atoms with Crippen LogP contribution in [0.25, 0.3) is 0 Å². The first-order valence-electron chi connectivity index (χ1n) is 8.14. The molecule has 11 heteroatoms. The molecule has 1 saturated carbocycles. The number of benzene rings is 1. The lowest BCUT2D eigenvalue weighted by Crippen LogP contribution is -2.37. The van der Waals surface area contributed by atoms with Gasteiger partial charge in [-0.25, -0.2) is 13.2 Å². The summed E-state index contributed by atoms with van der Waals surface area (Å²) < 4.78 is 41.5. The van der Waals surface area contributed by atoms with E-state index >= 15 is 0 Å². The normalized spacial score (nSPS) is 14.7. The molecule has 1 unspecified atom stereocenters. The molecule has 1 heterocycles. The number of carbonyl (C=O) groups is 2. The van der Waals surface area contributed by atoms with Gasteiger partial charge in [-0.05, 0) is 31.9 Å². The Hall–Kier alpha value is -2.56. The number of rotatable bonds is 7. The van der Waals surface area contributed by atoms with Crippen LogP contribution < -0.4 is 10.6 Å². The molecule has 1 aliphatic carbocycles. The predicted molar refractivity (Wildman–Crippen MR) is 91.6 cm³/mol. The van der Waals surface area contributed by atoms with E-state index in [1.54, 1.807) is 13.3 Å². The maximum absolute atomic E-state index is 13.5. The van der Waals surface area contributed by atoms with E-state index in [0.29, 0.717) is 17.3 Å². The van der Waals surface area contributed by atoms with Gasteiger partial charge in [0.15, 0.2) is 22.6 Å². The molecule has 1 aromatic carbocycles. The molecule has 2 aromatic rings. The smallest absolute Gasteiger partial charge is 0.243 e. The number of carbonyl (C=O) groups excluding carboxylic acids is 2. The largest absolute Gasteiger partial charge is 0.346 e. The van der Waals surface area contributed by atoms with Crippen molar-refractivity contribution in [1.82, 2.24) is 20.1 Å². The molecule has 27 heavy (non-hydrogen) atoms. The average Bonchev–Trinajstić information content (AvgIpc) is 3.39. The second kappa shape index (κ2) is 7.99. The van der Waals surface area contributed by atoms with Gasteiger partial charge in [0.25, 0.3) is 0 Å². The highest BCUT2D eigenvalue weighted by Crippen LogP contribution is 2.37. The first kappa shape index (κ1) is 19.2. The summed E-state index contributed by atoms with van der Waals surface area (Å²) in [6.07, 6.45) is 3.72. The summed E-state index contributed by atoms with van der Waals surface area (Å²) in [5.74, 6) is -5.73. The first-order valence-corrected chi connectivity index (χ1v) is 9.02. The van der Waals surface area contributed by atoms with Gasteiger partial charge >= 0.3 is 0 Å². The molecule has 0 radical (unpaired) electrons. The Morgan fingerprint density at radius 2 is 2.04 bits per heavy atom. The van der Waals surface area contributed by atoms with E-state index in [1.165, 1.54) is 11.8 Å². The van der Waals surface area contributed by atoms with E-state index in [9.17, 15) is 22.8 Å². The fraction of sp³-hybridized carbons (Fsp3) is 0.375. The third-order valence-corrected chi connectivity index (χ3v) is 4.94. The molecule has 0 spiro atoms. The van der Waals surface area contributed by atoms with E-state index in [4.69, 9.17) is 0 Å². The standard InChI is InChI=1S/C16H16F3N5O2S/c1-8(27-16-23-21-7-24(16)9-2-3-9)15(26)20-6-12(25)22-11-5-4-10(17)13(18)14(11)19/h4-5,7-9H,2-3,6H2,1H3,(H,20,26)(H,22,25). The Morgan fingerprint density at radius 1 is 1.30 bits per heavy atom. The van der Waals surface area contributed by atoms with Crippen LogP contribution in [0.1, 0.15) is 25.8 Å². The molecule has 1 aromatic heterocycles. The zero-order valence-corrected chi connectivity index (χ0v) is 15.0. The number of hydrogen-bond donors (Lipinski definition) is 2. The minimum atomic E-state index is -1.68. The molecule has 144 valence electrons. The molecule has 1 fully saturated rings. The number of nitrogens with zero attached hydrogens (tertiary/aromatic N) is 3. The van der Waals surface area contributed by atoms with Gasteiger partial charge in [0.05, 0.1) is 17.5 Å². The molecule has 0 saturated heterocycles. The molecule has 7 nitrogen and oxygen atoms in total. The Balaban J connectivity index is 1.50. The highest BCUT2D eigenvalue weighted by Gasteiger charge is 2.28. The van der Waals surface area contributed by atoms with E-state index in [0.717, 1.165) is 18.9 Å². The summed E-state index contributed by atoms with van der Waals surface area (Å²) in [7, 11) is 0. The number of thioether (sulfide) groups is 1. The van der Waals surface area contributed by atoms with Crippen molar-refractivity contribution in [2.24, 2.45) is 0 Å². The summed E-state index contributed by atoms with van der Waals surface area (Å²) in [6, 6.07) is 1.97. The van der Waals surface area contributed by atoms with Crippen molar-refractivity contribution in [3.63, 3.8) is 0 Å². The van der Waals surface area contributed by atoms with E-state index in [1.807, 2.05) is 4.57 Å². The van der Waals surface area contributed by atoms with Crippen LogP contribution in [0.3, 0.4) is 0 Å². The van der Waals surface area contributed by atoms with Crippen molar-refractivity contribution in [1.29, 1.82) is 0 Å². The maximum atomic E-state index is 13.5. The molecule has 2 amide bonds. The zero-order chi connectivity index (χ0) is 19.6. The maximum Gasteiger partial charge on any atom is 0.243 e. The van der Waals surface area contributed by atoms with Crippen LogP contribution in [-0.2, 0) is 9.59 Å². The van der Waals surface area contributed by atoms with Crippen molar-refractivity contribution < 1.29 is 22.8 Å². The van der Waals surface area contributed by atoms with Crippen molar-refractivity contribution >= 4 is 29.3 Å². The molecule has 1 atom stereocenters. The second-order valence-electron chi connectivity index (χ2n) is 6.00. The zero-order valence-electron chi connectivity index (χ0n) is 14.2. The van der Waals surface area contributed by atoms with E-state index in [-0.39, 0.29) is 0 Å². The van der Waals surface area contributed by atoms with Crippen LogP contribution in [0, 0.1) is 17.5 Å². The summed E-state index contributed by atoms with van der Waals surface area (Å²) >= 11 is 1.21. The minimum Gasteiger partial charge on any atom is -0.346 e. The topological polar surface area (TPSA) is 88.9 Å². The summed E-state index contributed by atoms with van der Waals surface area (Å²) in [5, 5.41) is 12.4. The van der Waals surface area contributed by atoms with Gasteiger partial charge in [-0.2, -0.15) is 0 Å². The van der Waals surface area contributed by atoms with Gasteiger partial charge in [-0.15, -0.1) is 10.2 Å². The number of anilines is 1. The van der Waals surface area contributed by atoms with Gasteiger partial charge in [0, 0.05) is 6.04 Å². The number of hydrogen-bond acceptors (Lipinski definition) is 5. The predicted octanol–water partition coefficient (Wildman–Crippen LogP) is 2.27.